The Morgan fingerprint density at radius 1 is 0.646 bits per heavy atom. The molecule has 6 rings (SSSR count). The number of carbonyl (C=O) groups excluding carboxylic acids is 2. The number of hydrogen-bond donors (Lipinski definition) is 4. The average Bonchev–Trinajstić information content (AvgIpc) is 3.72. The van der Waals surface area contributed by atoms with Crippen LogP contribution in [0.3, 0.4) is 0 Å². The van der Waals surface area contributed by atoms with Gasteiger partial charge in [-0.25, -0.2) is 0 Å². The van der Waals surface area contributed by atoms with Crippen LogP contribution < -0.4 is 30.7 Å². The van der Waals surface area contributed by atoms with Crippen LogP contribution >= 0.6 is 23.2 Å². The molecule has 48 heavy (non-hydrogen) atoms. The van der Waals surface area contributed by atoms with Gasteiger partial charge in [-0.1, -0.05) is 83.9 Å². The highest BCUT2D eigenvalue weighted by atomic mass is 35.5. The molecule has 4 N–H and O–H groups in total. The molecule has 0 aromatic heterocycles. The van der Waals surface area contributed by atoms with Crippen LogP contribution in [0.15, 0.2) is 72.8 Å². The van der Waals surface area contributed by atoms with Crippen molar-refractivity contribution in [2.75, 3.05) is 27.3 Å². The molecule has 2 heterocycles. The number of rotatable bonds is 13. The topological polar surface area (TPSA) is 101 Å². The fraction of sp³-hybridized carbons (Fsp3) is 0.316. The maximum Gasteiger partial charge on any atom is 0.220 e. The Labute approximate surface area is 291 Å². The van der Waals surface area contributed by atoms with Gasteiger partial charge in [0.1, 0.15) is 11.5 Å². The molecule has 0 radical (unpaired) electrons. The minimum absolute atomic E-state index is 0.114. The SMILES string of the molecule is COc1cc(-c2cccc(-c3cccc(-c4ccc(CNC[C@@H]5CCC(=O)N5)c(OC)c4)c3Cl)c2Cl)ccc1CNC[C@@H]1CCC(=O)N1. The monoisotopic (exact) mass is 686 g/mol. The highest BCUT2D eigenvalue weighted by Gasteiger charge is 2.22. The van der Waals surface area contributed by atoms with Crippen LogP contribution in [0.1, 0.15) is 36.8 Å². The molecule has 10 heteroatoms. The summed E-state index contributed by atoms with van der Waals surface area (Å²) in [5, 5.41) is 14.0. The largest absolute Gasteiger partial charge is 0.496 e. The molecule has 0 bridgehead atoms. The summed E-state index contributed by atoms with van der Waals surface area (Å²) in [5.74, 6) is 1.75. The van der Waals surface area contributed by atoms with Crippen LogP contribution in [-0.2, 0) is 22.7 Å². The summed E-state index contributed by atoms with van der Waals surface area (Å²) in [6.07, 6.45) is 2.88. The smallest absolute Gasteiger partial charge is 0.220 e. The first-order valence-corrected chi connectivity index (χ1v) is 17.0. The van der Waals surface area contributed by atoms with Crippen molar-refractivity contribution in [3.63, 3.8) is 0 Å². The lowest BCUT2D eigenvalue weighted by molar-refractivity contribution is -0.120. The Kier molecular flexibility index (Phi) is 10.9. The van der Waals surface area contributed by atoms with Crippen LogP contribution in [0, 0.1) is 0 Å². The van der Waals surface area contributed by atoms with Crippen molar-refractivity contribution in [3.05, 3.63) is 94.0 Å². The molecule has 2 atom stereocenters. The highest BCUT2D eigenvalue weighted by Crippen LogP contribution is 2.43. The molecule has 2 saturated heterocycles. The number of hydrogen-bond acceptors (Lipinski definition) is 6. The maximum atomic E-state index is 11.5. The summed E-state index contributed by atoms with van der Waals surface area (Å²) >= 11 is 14.3. The maximum absolute atomic E-state index is 11.5. The van der Waals surface area contributed by atoms with E-state index in [-0.39, 0.29) is 23.9 Å². The number of amides is 2. The molecule has 0 unspecified atom stereocenters. The quantitative estimate of drug-likeness (QED) is 0.124. The lowest BCUT2D eigenvalue weighted by Gasteiger charge is -2.17. The van der Waals surface area contributed by atoms with Crippen LogP contribution in [-0.4, -0.2) is 51.2 Å². The third kappa shape index (κ3) is 7.63. The second-order valence-corrected chi connectivity index (χ2v) is 13.0. The molecule has 4 aromatic carbocycles. The zero-order valence-corrected chi connectivity index (χ0v) is 28.6. The molecule has 0 saturated carbocycles. The van der Waals surface area contributed by atoms with E-state index in [1.807, 2.05) is 72.8 Å². The van der Waals surface area contributed by atoms with Crippen LogP contribution in [0.25, 0.3) is 33.4 Å². The standard InChI is InChI=1S/C38H40Cl2N4O4/c1-47-33-17-23(9-11-25(33)19-41-21-27-13-15-35(45)43-27)29-5-3-7-31(37(29)39)32-8-4-6-30(38(32)40)24-10-12-26(34(18-24)48-2)20-42-22-28-14-16-36(46)44-28/h3-12,17-18,27-28,41-42H,13-16,19-22H2,1-2H3,(H,43,45)(H,44,46)/t27-,28-/m0/s1. The summed E-state index contributed by atoms with van der Waals surface area (Å²) in [6, 6.07) is 24.5. The number of ether oxygens (including phenoxy) is 2. The fourth-order valence-electron chi connectivity index (χ4n) is 6.47. The predicted octanol–water partition coefficient (Wildman–Crippen LogP) is 6.75. The van der Waals surface area contributed by atoms with Gasteiger partial charge < -0.3 is 30.7 Å². The van der Waals surface area contributed by atoms with Gasteiger partial charge in [0.2, 0.25) is 11.8 Å². The molecule has 2 fully saturated rings. The van der Waals surface area contributed by atoms with E-state index in [0.29, 0.717) is 49.1 Å². The van der Waals surface area contributed by atoms with Gasteiger partial charge in [0.15, 0.2) is 0 Å². The number of nitrogens with one attached hydrogen (secondary N) is 4. The van der Waals surface area contributed by atoms with Crippen molar-refractivity contribution in [3.8, 4) is 44.9 Å². The first-order valence-electron chi connectivity index (χ1n) is 16.3. The van der Waals surface area contributed by atoms with Gasteiger partial charge in [-0.05, 0) is 36.1 Å². The molecule has 250 valence electrons. The van der Waals surface area contributed by atoms with Gasteiger partial charge in [0.25, 0.3) is 0 Å². The number of benzene rings is 4. The number of carbonyl (C=O) groups is 2. The van der Waals surface area contributed by atoms with E-state index in [9.17, 15) is 9.59 Å². The van der Waals surface area contributed by atoms with Crippen molar-refractivity contribution in [1.29, 1.82) is 0 Å². The van der Waals surface area contributed by atoms with E-state index >= 15 is 0 Å². The number of halogens is 2. The van der Waals surface area contributed by atoms with Gasteiger partial charge in [-0.15, -0.1) is 0 Å². The first-order chi connectivity index (χ1) is 23.3. The summed E-state index contributed by atoms with van der Waals surface area (Å²) in [6.45, 7) is 2.66. The van der Waals surface area contributed by atoms with Crippen molar-refractivity contribution in [2.24, 2.45) is 0 Å². The van der Waals surface area contributed by atoms with Crippen molar-refractivity contribution in [1.82, 2.24) is 21.3 Å². The van der Waals surface area contributed by atoms with Crippen molar-refractivity contribution in [2.45, 2.75) is 50.9 Å². The van der Waals surface area contributed by atoms with Crippen molar-refractivity contribution < 1.29 is 19.1 Å². The Morgan fingerprint density at radius 3 is 1.44 bits per heavy atom. The molecule has 2 aliphatic rings. The zero-order valence-electron chi connectivity index (χ0n) is 27.1. The van der Waals surface area contributed by atoms with Gasteiger partial charge in [0.05, 0.1) is 24.3 Å². The summed E-state index contributed by atoms with van der Waals surface area (Å²) < 4.78 is 11.5. The second kappa shape index (κ2) is 15.4. The third-order valence-electron chi connectivity index (χ3n) is 9.07. The van der Waals surface area contributed by atoms with E-state index in [1.54, 1.807) is 14.2 Å². The third-order valence-corrected chi connectivity index (χ3v) is 9.88. The molecule has 2 aliphatic heterocycles. The van der Waals surface area contributed by atoms with Gasteiger partial charge in [-0.2, -0.15) is 0 Å². The zero-order chi connectivity index (χ0) is 33.6. The van der Waals surface area contributed by atoms with E-state index in [0.717, 1.165) is 68.8 Å². The molecule has 4 aromatic rings. The van der Waals surface area contributed by atoms with Crippen molar-refractivity contribution >= 4 is 35.0 Å². The summed E-state index contributed by atoms with van der Waals surface area (Å²) in [4.78, 5) is 23.0. The van der Waals surface area contributed by atoms with E-state index < -0.39 is 0 Å². The highest BCUT2D eigenvalue weighted by molar-refractivity contribution is 6.39. The molecule has 0 spiro atoms. The normalized spacial score (nSPS) is 17.3. The van der Waals surface area contributed by atoms with E-state index in [2.05, 4.69) is 21.3 Å². The summed E-state index contributed by atoms with van der Waals surface area (Å²) in [7, 11) is 3.33. The number of methoxy groups -OCH3 is 2. The van der Waals surface area contributed by atoms with E-state index in [4.69, 9.17) is 32.7 Å². The molecular weight excluding hydrogens is 647 g/mol. The fourth-order valence-corrected chi connectivity index (χ4v) is 7.14. The average molecular weight is 688 g/mol. The van der Waals surface area contributed by atoms with Gasteiger partial charge in [-0.3, -0.25) is 9.59 Å². The van der Waals surface area contributed by atoms with Crippen LogP contribution in [0.5, 0.6) is 11.5 Å². The van der Waals surface area contributed by atoms with E-state index in [1.165, 1.54) is 0 Å². The molecule has 8 nitrogen and oxygen atoms in total. The Balaban J connectivity index is 1.20. The molecule has 0 aliphatic carbocycles. The minimum atomic E-state index is 0.114. The van der Waals surface area contributed by atoms with Crippen LogP contribution in [0.4, 0.5) is 0 Å². The van der Waals surface area contributed by atoms with Gasteiger partial charge >= 0.3 is 0 Å². The lowest BCUT2D eigenvalue weighted by Crippen LogP contribution is -2.35. The Morgan fingerprint density at radius 2 is 1.06 bits per heavy atom. The summed E-state index contributed by atoms with van der Waals surface area (Å²) in [5.41, 5.74) is 7.31. The Bertz CT molecular complexity index is 1680. The second-order valence-electron chi connectivity index (χ2n) is 12.3. The Hall–Kier alpha value is -4.08. The predicted molar refractivity (Wildman–Crippen MR) is 192 cm³/mol. The first kappa shape index (κ1) is 33.8. The van der Waals surface area contributed by atoms with Crippen LogP contribution in [0.2, 0.25) is 10.0 Å². The van der Waals surface area contributed by atoms with Gasteiger partial charge in [0, 0.05) is 84.5 Å². The lowest BCUT2D eigenvalue weighted by atomic mass is 9.95. The molecule has 2 amide bonds. The minimum Gasteiger partial charge on any atom is -0.496 e. The molecular formula is C38H40Cl2N4O4.